The zero-order valence-electron chi connectivity index (χ0n) is 15.8. The summed E-state index contributed by atoms with van der Waals surface area (Å²) in [5, 5.41) is 11.5. The summed E-state index contributed by atoms with van der Waals surface area (Å²) in [7, 11) is -2.35. The minimum atomic E-state index is -4.51. The van der Waals surface area contributed by atoms with Crippen molar-refractivity contribution in [3.05, 3.63) is 51.9 Å². The summed E-state index contributed by atoms with van der Waals surface area (Å²) in [4.78, 5) is 35.5. The molecule has 0 aliphatic rings. The highest BCUT2D eigenvalue weighted by atomic mass is 32.2. The van der Waals surface area contributed by atoms with Crippen molar-refractivity contribution in [1.29, 1.82) is 0 Å². The Labute approximate surface area is 171 Å². The molecule has 156 valence electrons. The number of nitrogens with one attached hydrogen (secondary N) is 1. The molecule has 11 heteroatoms. The second kappa shape index (κ2) is 9.16. The van der Waals surface area contributed by atoms with Crippen LogP contribution in [-0.2, 0) is 30.7 Å². The van der Waals surface area contributed by atoms with Crippen LogP contribution >= 0.6 is 11.3 Å². The molecular formula is C18H18NO8S2-. The van der Waals surface area contributed by atoms with Gasteiger partial charge in [0, 0.05) is 0 Å². The first kappa shape index (κ1) is 22.5. The van der Waals surface area contributed by atoms with E-state index in [4.69, 9.17) is 0 Å². The molecule has 2 aromatic rings. The van der Waals surface area contributed by atoms with Crippen LogP contribution in [0.15, 0.2) is 34.5 Å². The minimum Gasteiger partial charge on any atom is -0.548 e. The van der Waals surface area contributed by atoms with Crippen molar-refractivity contribution in [3.8, 4) is 0 Å². The van der Waals surface area contributed by atoms with Gasteiger partial charge in [-0.15, -0.1) is 11.3 Å². The first-order chi connectivity index (χ1) is 13.6. The highest BCUT2D eigenvalue weighted by Crippen LogP contribution is 2.33. The lowest BCUT2D eigenvalue weighted by Gasteiger charge is -2.19. The number of rotatable bonds is 8. The summed E-state index contributed by atoms with van der Waals surface area (Å²) in [5.41, 5.74) is 0.263. The zero-order chi connectivity index (χ0) is 21.8. The average Bonchev–Trinajstić information content (AvgIpc) is 3.05. The van der Waals surface area contributed by atoms with E-state index in [1.807, 2.05) is 4.72 Å². The van der Waals surface area contributed by atoms with Crippen molar-refractivity contribution in [3.63, 3.8) is 0 Å². The Bertz CT molecular complexity index is 1030. The van der Waals surface area contributed by atoms with Crippen LogP contribution in [0.4, 0.5) is 0 Å². The number of esters is 2. The van der Waals surface area contributed by atoms with E-state index in [9.17, 15) is 27.9 Å². The molecule has 0 saturated heterocycles. The predicted molar refractivity (Wildman–Crippen MR) is 101 cm³/mol. The Morgan fingerprint density at radius 2 is 1.69 bits per heavy atom. The third-order valence-corrected chi connectivity index (χ3v) is 7.25. The van der Waals surface area contributed by atoms with Crippen molar-refractivity contribution in [2.75, 3.05) is 14.2 Å². The molecule has 2 rings (SSSR count). The Balaban J connectivity index is 2.49. The number of thiophene rings is 1. The molecule has 1 N–H and O–H groups in total. The molecule has 1 aromatic carbocycles. The smallest absolute Gasteiger partial charge is 0.348 e. The van der Waals surface area contributed by atoms with E-state index in [-0.39, 0.29) is 22.4 Å². The number of aliphatic carboxylic acids is 1. The lowest BCUT2D eigenvalue weighted by atomic mass is 10.1. The largest absolute Gasteiger partial charge is 0.548 e. The molecular weight excluding hydrogens is 422 g/mol. The third kappa shape index (κ3) is 5.00. The molecule has 1 heterocycles. The maximum atomic E-state index is 12.9. The van der Waals surface area contributed by atoms with Crippen molar-refractivity contribution < 1.29 is 37.4 Å². The Morgan fingerprint density at radius 3 is 2.21 bits per heavy atom. The van der Waals surface area contributed by atoms with Gasteiger partial charge >= 0.3 is 11.9 Å². The van der Waals surface area contributed by atoms with E-state index in [1.54, 1.807) is 30.3 Å². The third-order valence-electron chi connectivity index (χ3n) is 3.98. The van der Waals surface area contributed by atoms with Crippen LogP contribution in [0.1, 0.15) is 31.2 Å². The molecule has 0 saturated carbocycles. The molecule has 29 heavy (non-hydrogen) atoms. The first-order valence-corrected chi connectivity index (χ1v) is 10.5. The summed E-state index contributed by atoms with van der Waals surface area (Å²) in [6.45, 7) is 1.37. The van der Waals surface area contributed by atoms with Gasteiger partial charge in [0.1, 0.15) is 4.88 Å². The average molecular weight is 440 g/mol. The molecule has 0 bridgehead atoms. The summed E-state index contributed by atoms with van der Waals surface area (Å²) < 4.78 is 36.5. The van der Waals surface area contributed by atoms with Gasteiger partial charge < -0.3 is 19.4 Å². The normalized spacial score (nSPS) is 12.2. The second-order valence-electron chi connectivity index (χ2n) is 5.88. The van der Waals surface area contributed by atoms with E-state index in [0.717, 1.165) is 14.2 Å². The van der Waals surface area contributed by atoms with Crippen LogP contribution in [-0.4, -0.2) is 46.6 Å². The SMILES string of the molecule is COC(=O)c1sc(S(=O)(=O)N[C@H](Cc2ccccc2)C(=O)[O-])c(C(=O)OC)c1C. The number of carbonyl (C=O) groups excluding carboxylic acids is 3. The number of carboxylic acid groups (broad SMARTS) is 1. The molecule has 0 radical (unpaired) electrons. The fourth-order valence-corrected chi connectivity index (χ4v) is 5.51. The van der Waals surface area contributed by atoms with Gasteiger partial charge in [-0.25, -0.2) is 22.7 Å². The van der Waals surface area contributed by atoms with Gasteiger partial charge in [-0.1, -0.05) is 30.3 Å². The number of ether oxygens (including phenoxy) is 2. The lowest BCUT2D eigenvalue weighted by molar-refractivity contribution is -0.307. The van der Waals surface area contributed by atoms with Crippen molar-refractivity contribution in [2.45, 2.75) is 23.6 Å². The Morgan fingerprint density at radius 1 is 1.10 bits per heavy atom. The van der Waals surface area contributed by atoms with Gasteiger partial charge in [0.25, 0.3) is 10.0 Å². The maximum Gasteiger partial charge on any atom is 0.348 e. The van der Waals surface area contributed by atoms with Gasteiger partial charge in [0.05, 0.1) is 31.8 Å². The number of hydrogen-bond acceptors (Lipinski definition) is 9. The fourth-order valence-electron chi connectivity index (χ4n) is 2.57. The van der Waals surface area contributed by atoms with Crippen LogP contribution < -0.4 is 9.83 Å². The molecule has 1 aromatic heterocycles. The standard InChI is InChI=1S/C18H19NO8S2/c1-10-13(16(22)26-2)18(28-14(10)17(23)27-3)29(24,25)19-12(15(20)21)9-11-7-5-4-6-8-11/h4-8,12,19H,9H2,1-3H3,(H,20,21)/p-1/t12-/m1/s1. The summed E-state index contributed by atoms with van der Waals surface area (Å²) in [5.74, 6) is -3.46. The molecule has 9 nitrogen and oxygen atoms in total. The van der Waals surface area contributed by atoms with Gasteiger partial charge in [0.15, 0.2) is 4.21 Å². The molecule has 1 atom stereocenters. The fraction of sp³-hybridized carbons (Fsp3) is 0.278. The van der Waals surface area contributed by atoms with Crippen LogP contribution in [0.2, 0.25) is 0 Å². The van der Waals surface area contributed by atoms with Crippen LogP contribution in [0, 0.1) is 6.92 Å². The van der Waals surface area contributed by atoms with Gasteiger partial charge in [-0.05, 0) is 24.5 Å². The number of carboxylic acids is 1. The van der Waals surface area contributed by atoms with Crippen LogP contribution in [0.5, 0.6) is 0 Å². The summed E-state index contributed by atoms with van der Waals surface area (Å²) >= 11 is 0.490. The van der Waals surface area contributed by atoms with Gasteiger partial charge in [-0.2, -0.15) is 0 Å². The highest BCUT2D eigenvalue weighted by molar-refractivity contribution is 7.91. The molecule has 0 aliphatic carbocycles. The summed E-state index contributed by atoms with van der Waals surface area (Å²) in [6.07, 6.45) is -0.176. The molecule has 0 fully saturated rings. The number of benzene rings is 1. The van der Waals surface area contributed by atoms with E-state index in [2.05, 4.69) is 9.47 Å². The van der Waals surface area contributed by atoms with Gasteiger partial charge in [0.2, 0.25) is 0 Å². The monoisotopic (exact) mass is 440 g/mol. The molecule has 0 unspecified atom stereocenters. The molecule has 0 spiro atoms. The van der Waals surface area contributed by atoms with E-state index >= 15 is 0 Å². The molecule has 0 amide bonds. The van der Waals surface area contributed by atoms with Crippen molar-refractivity contribution in [2.24, 2.45) is 0 Å². The first-order valence-electron chi connectivity index (χ1n) is 8.19. The predicted octanol–water partition coefficient (Wildman–Crippen LogP) is 0.269. The lowest BCUT2D eigenvalue weighted by Crippen LogP contribution is -2.49. The Hall–Kier alpha value is -2.76. The van der Waals surface area contributed by atoms with Crippen LogP contribution in [0.3, 0.4) is 0 Å². The van der Waals surface area contributed by atoms with Gasteiger partial charge in [-0.3, -0.25) is 0 Å². The van der Waals surface area contributed by atoms with E-state index < -0.39 is 38.2 Å². The van der Waals surface area contributed by atoms with E-state index in [1.165, 1.54) is 6.92 Å². The topological polar surface area (TPSA) is 139 Å². The zero-order valence-corrected chi connectivity index (χ0v) is 17.4. The quantitative estimate of drug-likeness (QED) is 0.577. The number of carbonyl (C=O) groups is 3. The number of methoxy groups -OCH3 is 2. The maximum absolute atomic E-state index is 12.9. The highest BCUT2D eigenvalue weighted by Gasteiger charge is 2.34. The number of sulfonamides is 1. The Kier molecular flexibility index (Phi) is 7.11. The van der Waals surface area contributed by atoms with Crippen molar-refractivity contribution >= 4 is 39.3 Å². The van der Waals surface area contributed by atoms with Crippen LogP contribution in [0.25, 0.3) is 0 Å². The second-order valence-corrected chi connectivity index (χ2v) is 8.81. The van der Waals surface area contributed by atoms with Crippen molar-refractivity contribution in [1.82, 2.24) is 4.72 Å². The number of hydrogen-bond donors (Lipinski definition) is 1. The molecule has 0 aliphatic heterocycles. The minimum absolute atomic E-state index is 0.0575. The van der Waals surface area contributed by atoms with E-state index in [0.29, 0.717) is 16.9 Å². The summed E-state index contributed by atoms with van der Waals surface area (Å²) in [6, 6.07) is 6.75.